The van der Waals surface area contributed by atoms with Crippen molar-refractivity contribution in [3.63, 3.8) is 0 Å². The molecule has 13 heteroatoms. The van der Waals surface area contributed by atoms with Crippen LogP contribution in [0.25, 0.3) is 0 Å². The van der Waals surface area contributed by atoms with E-state index in [0.29, 0.717) is 50.8 Å². The van der Waals surface area contributed by atoms with Gasteiger partial charge in [-0.15, -0.1) is 0 Å². The molecule has 36 heavy (non-hydrogen) atoms. The first-order valence-electron chi connectivity index (χ1n) is 11.3. The molecular weight excluding hydrogens is 499 g/mol. The number of carbonyl (C=O) groups is 1. The van der Waals surface area contributed by atoms with Crippen molar-refractivity contribution in [2.45, 2.75) is 19.0 Å². The van der Waals surface area contributed by atoms with E-state index < -0.39 is 22.6 Å². The Bertz CT molecular complexity index is 1160. The Labute approximate surface area is 210 Å². The first-order chi connectivity index (χ1) is 17.1. The topological polar surface area (TPSA) is 100.0 Å². The summed E-state index contributed by atoms with van der Waals surface area (Å²) in [5.74, 6) is -0.719. The van der Waals surface area contributed by atoms with Crippen molar-refractivity contribution < 1.29 is 27.6 Å². The molecule has 2 aliphatic heterocycles. The van der Waals surface area contributed by atoms with E-state index in [4.69, 9.17) is 17.0 Å². The number of nitrogens with zero attached hydrogens (tertiary/aromatic N) is 3. The lowest BCUT2D eigenvalue weighted by molar-refractivity contribution is -0.384. The molecule has 2 aromatic carbocycles. The van der Waals surface area contributed by atoms with E-state index in [-0.39, 0.29) is 22.1 Å². The molecule has 0 atom stereocenters. The number of hydrogen-bond acceptors (Lipinski definition) is 7. The minimum absolute atomic E-state index is 0.00578. The highest BCUT2D eigenvalue weighted by Crippen LogP contribution is 2.36. The van der Waals surface area contributed by atoms with Crippen LogP contribution in [0.5, 0.6) is 0 Å². The number of benzene rings is 2. The first-order valence-corrected chi connectivity index (χ1v) is 11.7. The van der Waals surface area contributed by atoms with E-state index in [9.17, 15) is 28.1 Å². The minimum atomic E-state index is -4.57. The molecule has 0 unspecified atom stereocenters. The molecule has 0 spiro atoms. The Kier molecular flexibility index (Phi) is 7.59. The second kappa shape index (κ2) is 10.7. The number of alkyl halides is 3. The van der Waals surface area contributed by atoms with Crippen LogP contribution >= 0.6 is 12.2 Å². The summed E-state index contributed by atoms with van der Waals surface area (Å²) in [5, 5.41) is 16.5. The van der Waals surface area contributed by atoms with Crippen LogP contribution in [0.3, 0.4) is 0 Å². The SMILES string of the molecule is O=C(NC(=S)Nc1cc(C(F)(F)F)ccc1N1CCOCC1)c1ccc(N2CCCC2)c([N+](=O)[O-])c1. The fourth-order valence-electron chi connectivity index (χ4n) is 4.26. The standard InChI is InChI=1S/C23H24F3N5O4S/c24-23(25,26)16-4-6-18(30-9-11-35-12-10-30)17(14-16)27-22(36)28-21(32)15-3-5-19(20(13-15)31(33)34)29-7-1-2-8-29/h3-6,13-14H,1-2,7-12H2,(H2,27,28,32,36). The van der Waals surface area contributed by atoms with Crippen LogP contribution in [-0.2, 0) is 10.9 Å². The summed E-state index contributed by atoms with van der Waals surface area (Å²) in [5.41, 5.74) is -0.0684. The number of nitro groups is 1. The largest absolute Gasteiger partial charge is 0.416 e. The van der Waals surface area contributed by atoms with Gasteiger partial charge in [0.05, 0.1) is 35.1 Å². The highest BCUT2D eigenvalue weighted by Gasteiger charge is 2.32. The maximum absolute atomic E-state index is 13.3. The smallest absolute Gasteiger partial charge is 0.378 e. The monoisotopic (exact) mass is 523 g/mol. The number of nitrogens with one attached hydrogen (secondary N) is 2. The minimum Gasteiger partial charge on any atom is -0.378 e. The van der Waals surface area contributed by atoms with Crippen molar-refractivity contribution in [2.75, 3.05) is 54.5 Å². The van der Waals surface area contributed by atoms with E-state index in [1.54, 1.807) is 0 Å². The van der Waals surface area contributed by atoms with Gasteiger partial charge >= 0.3 is 6.18 Å². The number of morpholine rings is 1. The van der Waals surface area contributed by atoms with Gasteiger partial charge in [0.25, 0.3) is 11.6 Å². The predicted octanol–water partition coefficient (Wildman–Crippen LogP) is 4.18. The number of hydrogen-bond donors (Lipinski definition) is 2. The lowest BCUT2D eigenvalue weighted by Gasteiger charge is -2.31. The second-order valence-electron chi connectivity index (χ2n) is 8.39. The maximum atomic E-state index is 13.3. The Morgan fingerprint density at radius 2 is 1.64 bits per heavy atom. The van der Waals surface area contributed by atoms with Gasteiger partial charge in [-0.25, -0.2) is 0 Å². The summed E-state index contributed by atoms with van der Waals surface area (Å²) in [6.45, 7) is 3.20. The van der Waals surface area contributed by atoms with Crippen molar-refractivity contribution in [2.24, 2.45) is 0 Å². The van der Waals surface area contributed by atoms with Crippen LogP contribution in [0, 0.1) is 10.1 Å². The molecule has 0 bridgehead atoms. The van der Waals surface area contributed by atoms with Crippen molar-refractivity contribution in [1.29, 1.82) is 0 Å². The summed E-state index contributed by atoms with van der Waals surface area (Å²) in [4.78, 5) is 27.6. The first kappa shape index (κ1) is 25.6. The highest BCUT2D eigenvalue weighted by molar-refractivity contribution is 7.80. The normalized spacial score (nSPS) is 16.1. The molecule has 1 amide bonds. The van der Waals surface area contributed by atoms with E-state index >= 15 is 0 Å². The molecule has 0 saturated carbocycles. The lowest BCUT2D eigenvalue weighted by Crippen LogP contribution is -2.38. The van der Waals surface area contributed by atoms with Crippen molar-refractivity contribution in [3.8, 4) is 0 Å². The van der Waals surface area contributed by atoms with E-state index in [2.05, 4.69) is 10.6 Å². The summed E-state index contributed by atoms with van der Waals surface area (Å²) < 4.78 is 45.3. The zero-order valence-electron chi connectivity index (χ0n) is 19.1. The molecule has 192 valence electrons. The van der Waals surface area contributed by atoms with Gasteiger partial charge in [0.2, 0.25) is 0 Å². The van der Waals surface area contributed by atoms with Crippen LogP contribution in [0.4, 0.5) is 35.9 Å². The molecule has 2 aromatic rings. The number of anilines is 3. The number of amides is 1. The average molecular weight is 524 g/mol. The third-order valence-corrected chi connectivity index (χ3v) is 6.24. The Balaban J connectivity index is 1.53. The Hall–Kier alpha value is -3.45. The summed E-state index contributed by atoms with van der Waals surface area (Å²) in [7, 11) is 0. The summed E-state index contributed by atoms with van der Waals surface area (Å²) in [6.07, 6.45) is -2.70. The van der Waals surface area contributed by atoms with Crippen LogP contribution in [0.15, 0.2) is 36.4 Å². The van der Waals surface area contributed by atoms with Gasteiger partial charge in [0.15, 0.2) is 5.11 Å². The van der Waals surface area contributed by atoms with E-state index in [1.807, 2.05) is 9.80 Å². The van der Waals surface area contributed by atoms with Crippen LogP contribution in [0.1, 0.15) is 28.8 Å². The molecule has 0 aliphatic carbocycles. The van der Waals surface area contributed by atoms with Crippen LogP contribution in [-0.4, -0.2) is 55.3 Å². The van der Waals surface area contributed by atoms with Crippen molar-refractivity contribution in [1.82, 2.24) is 5.32 Å². The second-order valence-corrected chi connectivity index (χ2v) is 8.80. The molecule has 2 heterocycles. The van der Waals surface area contributed by atoms with Crippen LogP contribution in [0.2, 0.25) is 0 Å². The van der Waals surface area contributed by atoms with E-state index in [0.717, 1.165) is 25.0 Å². The molecule has 9 nitrogen and oxygen atoms in total. The zero-order valence-corrected chi connectivity index (χ0v) is 20.0. The summed E-state index contributed by atoms with van der Waals surface area (Å²) >= 11 is 5.20. The van der Waals surface area contributed by atoms with Crippen LogP contribution < -0.4 is 20.4 Å². The number of ether oxygens (including phenoxy) is 1. The van der Waals surface area contributed by atoms with Gasteiger partial charge in [0, 0.05) is 37.8 Å². The highest BCUT2D eigenvalue weighted by atomic mass is 32.1. The number of nitro benzene ring substituents is 1. The zero-order chi connectivity index (χ0) is 25.9. The van der Waals surface area contributed by atoms with Crippen molar-refractivity contribution >= 4 is 46.0 Å². The molecule has 2 fully saturated rings. The van der Waals surface area contributed by atoms with Gasteiger partial charge in [-0.1, -0.05) is 0 Å². The quantitative estimate of drug-likeness (QED) is 0.342. The predicted molar refractivity (Wildman–Crippen MR) is 133 cm³/mol. The molecule has 2 saturated heterocycles. The van der Waals surface area contributed by atoms with Gasteiger partial charge in [-0.2, -0.15) is 13.2 Å². The van der Waals surface area contributed by atoms with Gasteiger partial charge in [-0.05, 0) is 55.4 Å². The molecule has 4 rings (SSSR count). The van der Waals surface area contributed by atoms with E-state index in [1.165, 1.54) is 24.3 Å². The lowest BCUT2D eigenvalue weighted by atomic mass is 10.1. The number of halogens is 3. The molecule has 0 aromatic heterocycles. The fourth-order valence-corrected chi connectivity index (χ4v) is 4.46. The number of rotatable bonds is 5. The van der Waals surface area contributed by atoms with Gasteiger partial charge in [-0.3, -0.25) is 20.2 Å². The molecular formula is C23H24F3N5O4S. The number of carbonyl (C=O) groups excluding carboxylic acids is 1. The fraction of sp³-hybridized carbons (Fsp3) is 0.391. The summed E-state index contributed by atoms with van der Waals surface area (Å²) in [6, 6.07) is 7.42. The number of thiocarbonyl (C=S) groups is 1. The molecule has 0 radical (unpaired) electrons. The Morgan fingerprint density at radius 1 is 1.00 bits per heavy atom. The maximum Gasteiger partial charge on any atom is 0.416 e. The van der Waals surface area contributed by atoms with Gasteiger partial charge < -0.3 is 19.9 Å². The van der Waals surface area contributed by atoms with Gasteiger partial charge in [0.1, 0.15) is 5.69 Å². The third-order valence-electron chi connectivity index (χ3n) is 6.03. The molecule has 2 N–H and O–H groups in total. The third kappa shape index (κ3) is 5.85. The van der Waals surface area contributed by atoms with Crippen molar-refractivity contribution in [3.05, 3.63) is 57.6 Å². The molecule has 2 aliphatic rings. The average Bonchev–Trinajstić information content (AvgIpc) is 3.38. The Morgan fingerprint density at radius 3 is 2.28 bits per heavy atom.